The van der Waals surface area contributed by atoms with Crippen LogP contribution >= 0.6 is 0 Å². The SMILES string of the molecule is CCN(C(=O)OC(C)(C)C)c1cccc(-c2ccc(C(=O)OC(C)(C)C)c([N+](=O)[O-])c2)c1. The highest BCUT2D eigenvalue weighted by Gasteiger charge is 2.27. The zero-order chi connectivity index (χ0) is 24.3. The van der Waals surface area contributed by atoms with Crippen molar-refractivity contribution in [3.8, 4) is 11.1 Å². The molecule has 2 aromatic rings. The predicted molar refractivity (Wildman–Crippen MR) is 123 cm³/mol. The molecular formula is C24H30N2O6. The zero-order valence-corrected chi connectivity index (χ0v) is 19.6. The molecule has 0 aliphatic heterocycles. The summed E-state index contributed by atoms with van der Waals surface area (Å²) in [5.41, 5.74) is -0.0910. The molecule has 0 aromatic heterocycles. The maximum absolute atomic E-state index is 12.6. The molecule has 0 fully saturated rings. The van der Waals surface area contributed by atoms with Crippen LogP contribution in [0.5, 0.6) is 0 Å². The minimum Gasteiger partial charge on any atom is -0.456 e. The average molecular weight is 443 g/mol. The summed E-state index contributed by atoms with van der Waals surface area (Å²) < 4.78 is 10.8. The van der Waals surface area contributed by atoms with Crippen LogP contribution in [0, 0.1) is 10.1 Å². The van der Waals surface area contributed by atoms with Crippen molar-refractivity contribution in [3.63, 3.8) is 0 Å². The van der Waals surface area contributed by atoms with Crippen molar-refractivity contribution in [2.24, 2.45) is 0 Å². The van der Waals surface area contributed by atoms with E-state index in [1.54, 1.807) is 71.9 Å². The quantitative estimate of drug-likeness (QED) is 0.321. The predicted octanol–water partition coefficient (Wildman–Crippen LogP) is 5.98. The van der Waals surface area contributed by atoms with Crippen molar-refractivity contribution >= 4 is 23.4 Å². The molecule has 0 unspecified atom stereocenters. The van der Waals surface area contributed by atoms with Crippen molar-refractivity contribution in [3.05, 3.63) is 58.1 Å². The molecule has 0 radical (unpaired) electrons. The third kappa shape index (κ3) is 6.54. The van der Waals surface area contributed by atoms with Gasteiger partial charge in [-0.3, -0.25) is 15.0 Å². The number of anilines is 1. The van der Waals surface area contributed by atoms with Crippen LogP contribution < -0.4 is 4.90 Å². The van der Waals surface area contributed by atoms with E-state index in [4.69, 9.17) is 9.47 Å². The maximum atomic E-state index is 12.6. The van der Waals surface area contributed by atoms with E-state index >= 15 is 0 Å². The fraction of sp³-hybridized carbons (Fsp3) is 0.417. The summed E-state index contributed by atoms with van der Waals surface area (Å²) in [6.45, 7) is 12.7. The Labute approximate surface area is 188 Å². The van der Waals surface area contributed by atoms with Crippen LogP contribution in [0.2, 0.25) is 0 Å². The Bertz CT molecular complexity index is 1020. The Morgan fingerprint density at radius 2 is 1.53 bits per heavy atom. The van der Waals surface area contributed by atoms with Crippen LogP contribution in [0.1, 0.15) is 58.8 Å². The third-order valence-corrected chi connectivity index (χ3v) is 4.23. The summed E-state index contributed by atoms with van der Waals surface area (Å²) in [6.07, 6.45) is -0.483. The number of nitro groups is 1. The normalized spacial score (nSPS) is 11.6. The van der Waals surface area contributed by atoms with Crippen molar-refractivity contribution in [2.75, 3.05) is 11.4 Å². The minimum atomic E-state index is -0.775. The lowest BCUT2D eigenvalue weighted by atomic mass is 10.0. The highest BCUT2D eigenvalue weighted by atomic mass is 16.6. The molecule has 0 heterocycles. The molecule has 0 saturated heterocycles. The first-order valence-corrected chi connectivity index (χ1v) is 10.3. The smallest absolute Gasteiger partial charge is 0.414 e. The van der Waals surface area contributed by atoms with Crippen LogP contribution in [-0.2, 0) is 9.47 Å². The minimum absolute atomic E-state index is 0.117. The van der Waals surface area contributed by atoms with Crippen molar-refractivity contribution < 1.29 is 24.0 Å². The van der Waals surface area contributed by atoms with Gasteiger partial charge in [0.05, 0.1) is 4.92 Å². The number of amides is 1. The van der Waals surface area contributed by atoms with Gasteiger partial charge in [0.25, 0.3) is 5.69 Å². The summed E-state index contributed by atoms with van der Waals surface area (Å²) in [5.74, 6) is -0.758. The molecule has 0 saturated carbocycles. The van der Waals surface area contributed by atoms with Gasteiger partial charge >= 0.3 is 12.1 Å². The Hall–Kier alpha value is -3.42. The van der Waals surface area contributed by atoms with Gasteiger partial charge in [0.1, 0.15) is 16.8 Å². The zero-order valence-electron chi connectivity index (χ0n) is 19.6. The third-order valence-electron chi connectivity index (χ3n) is 4.23. The van der Waals surface area contributed by atoms with Gasteiger partial charge in [-0.25, -0.2) is 9.59 Å². The Balaban J connectivity index is 2.44. The fourth-order valence-corrected chi connectivity index (χ4v) is 2.96. The van der Waals surface area contributed by atoms with Crippen LogP contribution in [0.15, 0.2) is 42.5 Å². The number of hydrogen-bond donors (Lipinski definition) is 0. The average Bonchev–Trinajstić information content (AvgIpc) is 2.65. The number of ether oxygens (including phenoxy) is 2. The molecule has 2 aromatic carbocycles. The Kier molecular flexibility index (Phi) is 7.28. The van der Waals surface area contributed by atoms with Gasteiger partial charge in [0.15, 0.2) is 0 Å². The van der Waals surface area contributed by atoms with Crippen LogP contribution in [0.4, 0.5) is 16.2 Å². The summed E-state index contributed by atoms with van der Waals surface area (Å²) in [4.78, 5) is 37.5. The molecule has 0 spiro atoms. The number of carbonyl (C=O) groups excluding carboxylic acids is 2. The van der Waals surface area contributed by atoms with E-state index in [0.29, 0.717) is 23.4 Å². The van der Waals surface area contributed by atoms with Crippen molar-refractivity contribution in [2.45, 2.75) is 59.7 Å². The second-order valence-electron chi connectivity index (χ2n) is 9.27. The summed E-state index contributed by atoms with van der Waals surface area (Å²) in [5, 5.41) is 11.6. The number of benzene rings is 2. The van der Waals surface area contributed by atoms with Gasteiger partial charge in [-0.1, -0.05) is 18.2 Å². The molecule has 8 heteroatoms. The molecule has 8 nitrogen and oxygen atoms in total. The maximum Gasteiger partial charge on any atom is 0.414 e. The van der Waals surface area contributed by atoms with Crippen molar-refractivity contribution in [1.29, 1.82) is 0 Å². The first-order valence-electron chi connectivity index (χ1n) is 10.3. The standard InChI is InChI=1S/C24H30N2O6/c1-8-25(22(28)32-24(5,6)7)18-11-9-10-16(14-18)17-12-13-19(20(15-17)26(29)30)21(27)31-23(2,3)4/h9-15H,8H2,1-7H3. The Morgan fingerprint density at radius 1 is 0.938 bits per heavy atom. The molecule has 0 N–H and O–H groups in total. The molecule has 0 aliphatic carbocycles. The number of rotatable bonds is 5. The molecular weight excluding hydrogens is 412 g/mol. The van der Waals surface area contributed by atoms with Crippen LogP contribution in [-0.4, -0.2) is 34.7 Å². The molecule has 0 atom stereocenters. The van der Waals surface area contributed by atoms with Crippen LogP contribution in [0.3, 0.4) is 0 Å². The van der Waals surface area contributed by atoms with E-state index in [1.165, 1.54) is 17.0 Å². The Morgan fingerprint density at radius 3 is 2.06 bits per heavy atom. The van der Waals surface area contributed by atoms with Gasteiger partial charge in [-0.05, 0) is 77.8 Å². The lowest BCUT2D eigenvalue weighted by Gasteiger charge is -2.26. The molecule has 1 amide bonds. The second kappa shape index (κ2) is 9.38. The van der Waals surface area contributed by atoms with Crippen molar-refractivity contribution in [1.82, 2.24) is 0 Å². The van der Waals surface area contributed by atoms with E-state index in [-0.39, 0.29) is 11.3 Å². The topological polar surface area (TPSA) is 99.0 Å². The lowest BCUT2D eigenvalue weighted by Crippen LogP contribution is -2.36. The highest BCUT2D eigenvalue weighted by molar-refractivity contribution is 5.95. The molecule has 0 aliphatic rings. The van der Waals surface area contributed by atoms with Gasteiger partial charge in [0.2, 0.25) is 0 Å². The second-order valence-corrected chi connectivity index (χ2v) is 9.27. The van der Waals surface area contributed by atoms with Gasteiger partial charge < -0.3 is 9.47 Å². The van der Waals surface area contributed by atoms with E-state index in [0.717, 1.165) is 0 Å². The van der Waals surface area contributed by atoms with Gasteiger partial charge in [0, 0.05) is 18.3 Å². The van der Waals surface area contributed by atoms with Crippen LogP contribution in [0.25, 0.3) is 11.1 Å². The number of esters is 1. The fourth-order valence-electron chi connectivity index (χ4n) is 2.96. The molecule has 2 rings (SSSR count). The van der Waals surface area contributed by atoms with Gasteiger partial charge in [-0.15, -0.1) is 0 Å². The summed E-state index contributed by atoms with van der Waals surface area (Å²) >= 11 is 0. The number of hydrogen-bond acceptors (Lipinski definition) is 6. The first kappa shape index (κ1) is 24.8. The number of nitro benzene ring substituents is 1. The first-order chi connectivity index (χ1) is 14.7. The van der Waals surface area contributed by atoms with E-state index in [1.807, 2.05) is 6.92 Å². The van der Waals surface area contributed by atoms with Gasteiger partial charge in [-0.2, -0.15) is 0 Å². The molecule has 172 valence electrons. The van der Waals surface area contributed by atoms with E-state index in [2.05, 4.69) is 0 Å². The molecule has 0 bridgehead atoms. The lowest BCUT2D eigenvalue weighted by molar-refractivity contribution is -0.385. The summed E-state index contributed by atoms with van der Waals surface area (Å²) in [7, 11) is 0. The molecule has 32 heavy (non-hydrogen) atoms. The van der Waals surface area contributed by atoms with E-state index in [9.17, 15) is 19.7 Å². The monoisotopic (exact) mass is 442 g/mol. The largest absolute Gasteiger partial charge is 0.456 e. The highest BCUT2D eigenvalue weighted by Crippen LogP contribution is 2.31. The summed E-state index contributed by atoms with van der Waals surface area (Å²) in [6, 6.07) is 11.4. The number of carbonyl (C=O) groups is 2. The van der Waals surface area contributed by atoms with E-state index < -0.39 is 28.2 Å². The number of nitrogens with zero attached hydrogens (tertiary/aromatic N) is 2.